The van der Waals surface area contributed by atoms with Gasteiger partial charge < -0.3 is 15.0 Å². The van der Waals surface area contributed by atoms with Crippen LogP contribution in [0.25, 0.3) is 0 Å². The second kappa shape index (κ2) is 4.66. The fourth-order valence-corrected chi connectivity index (χ4v) is 3.52. The van der Waals surface area contributed by atoms with Crippen LogP contribution in [0.2, 0.25) is 0 Å². The van der Waals surface area contributed by atoms with Crippen molar-refractivity contribution >= 4 is 18.3 Å². The quantitative estimate of drug-likeness (QED) is 0.773. The van der Waals surface area contributed by atoms with Gasteiger partial charge >= 0.3 is 0 Å². The number of rotatable bonds is 1. The van der Waals surface area contributed by atoms with Gasteiger partial charge in [-0.25, -0.2) is 0 Å². The summed E-state index contributed by atoms with van der Waals surface area (Å²) in [5.74, 6) is 1.69. The molecule has 3 rings (SSSR count). The van der Waals surface area contributed by atoms with Gasteiger partial charge in [0.1, 0.15) is 6.04 Å². The third-order valence-corrected chi connectivity index (χ3v) is 5.02. The van der Waals surface area contributed by atoms with E-state index in [0.29, 0.717) is 12.0 Å². The van der Waals surface area contributed by atoms with Crippen LogP contribution in [-0.2, 0) is 9.53 Å². The number of morpholine rings is 1. The van der Waals surface area contributed by atoms with Crippen molar-refractivity contribution in [3.63, 3.8) is 0 Å². The lowest BCUT2D eigenvalue weighted by atomic mass is 10.0. The van der Waals surface area contributed by atoms with Gasteiger partial charge in [-0.3, -0.25) is 4.79 Å². The highest BCUT2D eigenvalue weighted by Gasteiger charge is 2.62. The highest BCUT2D eigenvalue weighted by atomic mass is 35.5. The molecule has 0 aromatic heterocycles. The van der Waals surface area contributed by atoms with Crippen LogP contribution in [0.4, 0.5) is 0 Å². The van der Waals surface area contributed by atoms with Crippen LogP contribution in [0.15, 0.2) is 0 Å². The Bertz CT molecular complexity index is 334. The van der Waals surface area contributed by atoms with Crippen LogP contribution in [-0.4, -0.2) is 49.2 Å². The topological polar surface area (TPSA) is 41.6 Å². The van der Waals surface area contributed by atoms with Crippen molar-refractivity contribution in [1.82, 2.24) is 10.2 Å². The number of nitrogens with one attached hydrogen (secondary N) is 1. The summed E-state index contributed by atoms with van der Waals surface area (Å²) in [7, 11) is 0. The zero-order chi connectivity index (χ0) is 12.2. The number of carbonyl (C=O) groups is 1. The molecule has 18 heavy (non-hydrogen) atoms. The predicted molar refractivity (Wildman–Crippen MR) is 71.8 cm³/mol. The van der Waals surface area contributed by atoms with E-state index in [9.17, 15) is 4.79 Å². The fraction of sp³-hybridized carbons (Fsp3) is 0.923. The average molecular weight is 275 g/mol. The van der Waals surface area contributed by atoms with E-state index < -0.39 is 0 Å². The lowest BCUT2D eigenvalue weighted by molar-refractivity contribution is -0.139. The molecular formula is C13H23ClN2O2. The summed E-state index contributed by atoms with van der Waals surface area (Å²) in [6.07, 6.45) is 0.00110. The monoisotopic (exact) mass is 274 g/mol. The maximum absolute atomic E-state index is 12.4. The zero-order valence-electron chi connectivity index (χ0n) is 11.3. The number of hydrogen-bond donors (Lipinski definition) is 1. The molecule has 0 aromatic carbocycles. The molecular weight excluding hydrogens is 252 g/mol. The molecule has 3 aliphatic rings. The molecule has 0 bridgehead atoms. The molecule has 1 aliphatic carbocycles. The van der Waals surface area contributed by atoms with Gasteiger partial charge in [-0.05, 0) is 24.2 Å². The molecule has 2 unspecified atom stereocenters. The highest BCUT2D eigenvalue weighted by Crippen LogP contribution is 2.61. The first-order valence-corrected chi connectivity index (χ1v) is 6.65. The lowest BCUT2D eigenvalue weighted by Crippen LogP contribution is -2.56. The van der Waals surface area contributed by atoms with Gasteiger partial charge in [0.05, 0.1) is 12.7 Å². The minimum absolute atomic E-state index is 0. The van der Waals surface area contributed by atoms with E-state index in [1.807, 2.05) is 11.8 Å². The summed E-state index contributed by atoms with van der Waals surface area (Å²) in [6, 6.07) is -0.135. The Kier molecular flexibility index (Phi) is 3.65. The first-order chi connectivity index (χ1) is 8.01. The lowest BCUT2D eigenvalue weighted by Gasteiger charge is -2.33. The smallest absolute Gasteiger partial charge is 0.242 e. The van der Waals surface area contributed by atoms with Crippen molar-refractivity contribution in [2.75, 3.05) is 26.2 Å². The van der Waals surface area contributed by atoms with Crippen LogP contribution in [0, 0.1) is 17.3 Å². The van der Waals surface area contributed by atoms with Crippen molar-refractivity contribution in [1.29, 1.82) is 0 Å². The number of nitrogens with zero attached hydrogens (tertiary/aromatic N) is 1. The Morgan fingerprint density at radius 2 is 1.94 bits per heavy atom. The molecule has 4 atom stereocenters. The molecule has 1 amide bonds. The fourth-order valence-electron chi connectivity index (χ4n) is 3.52. The van der Waals surface area contributed by atoms with E-state index in [1.165, 1.54) is 0 Å². The van der Waals surface area contributed by atoms with Gasteiger partial charge in [-0.2, -0.15) is 0 Å². The number of ether oxygens (including phenoxy) is 1. The van der Waals surface area contributed by atoms with Crippen LogP contribution < -0.4 is 5.32 Å². The molecule has 0 spiro atoms. The van der Waals surface area contributed by atoms with Crippen molar-refractivity contribution in [3.8, 4) is 0 Å². The van der Waals surface area contributed by atoms with Gasteiger partial charge in [0, 0.05) is 19.6 Å². The molecule has 4 nitrogen and oxygen atoms in total. The summed E-state index contributed by atoms with van der Waals surface area (Å²) in [5.41, 5.74) is 0.471. The van der Waals surface area contributed by atoms with Crippen LogP contribution >= 0.6 is 12.4 Å². The van der Waals surface area contributed by atoms with Gasteiger partial charge in [-0.15, -0.1) is 12.4 Å². The summed E-state index contributed by atoms with van der Waals surface area (Å²) < 4.78 is 5.54. The largest absolute Gasteiger partial charge is 0.375 e. The second-order valence-electron chi connectivity index (χ2n) is 6.29. The summed E-state index contributed by atoms with van der Waals surface area (Å²) in [5, 5.41) is 3.28. The maximum Gasteiger partial charge on any atom is 0.242 e. The Labute approximate surface area is 115 Å². The van der Waals surface area contributed by atoms with Crippen molar-refractivity contribution in [2.24, 2.45) is 17.3 Å². The van der Waals surface area contributed by atoms with Gasteiger partial charge in [-0.1, -0.05) is 13.8 Å². The number of piperidine rings is 1. The van der Waals surface area contributed by atoms with Crippen LogP contribution in [0.5, 0.6) is 0 Å². The van der Waals surface area contributed by atoms with E-state index in [4.69, 9.17) is 4.74 Å². The molecule has 5 heteroatoms. The molecule has 104 valence electrons. The number of amides is 1. The normalized spacial score (nSPS) is 40.9. The van der Waals surface area contributed by atoms with Gasteiger partial charge in [0.15, 0.2) is 0 Å². The molecule has 3 fully saturated rings. The van der Waals surface area contributed by atoms with Gasteiger partial charge in [0.2, 0.25) is 5.91 Å². The Balaban J connectivity index is 0.00000120. The van der Waals surface area contributed by atoms with E-state index in [0.717, 1.165) is 31.5 Å². The standard InChI is InChI=1S/C13H22N2O2.ClH/c1-8-11(14-4-5-17-8)12(16)15-6-9-10(7-15)13(9,2)3;/h8-11,14H,4-7H2,1-3H3;1H/t8-,9?,10?,11+;/m1./s1. The summed E-state index contributed by atoms with van der Waals surface area (Å²) in [4.78, 5) is 14.4. The number of likely N-dealkylation sites (tertiary alicyclic amines) is 1. The van der Waals surface area contributed by atoms with Crippen molar-refractivity contribution in [3.05, 3.63) is 0 Å². The van der Waals surface area contributed by atoms with Crippen molar-refractivity contribution in [2.45, 2.75) is 32.9 Å². The number of fused-ring (bicyclic) bond motifs is 1. The minimum Gasteiger partial charge on any atom is -0.375 e. The van der Waals surface area contributed by atoms with E-state index in [2.05, 4.69) is 19.2 Å². The van der Waals surface area contributed by atoms with Crippen LogP contribution in [0.3, 0.4) is 0 Å². The predicted octanol–water partition coefficient (Wildman–Crippen LogP) is 0.899. The second-order valence-corrected chi connectivity index (χ2v) is 6.29. The maximum atomic E-state index is 12.4. The number of hydrogen-bond acceptors (Lipinski definition) is 3. The van der Waals surface area contributed by atoms with E-state index >= 15 is 0 Å². The SMILES string of the molecule is C[C@H]1OCCN[C@@H]1C(=O)N1CC2C(C1)C2(C)C.Cl. The molecule has 1 saturated carbocycles. The Morgan fingerprint density at radius 1 is 1.33 bits per heavy atom. The number of carbonyl (C=O) groups excluding carboxylic acids is 1. The molecule has 2 saturated heterocycles. The molecule has 0 aromatic rings. The number of halogens is 1. The molecule has 0 radical (unpaired) electrons. The first kappa shape index (κ1) is 14.1. The minimum atomic E-state index is -0.135. The van der Waals surface area contributed by atoms with E-state index in [-0.39, 0.29) is 30.5 Å². The summed E-state index contributed by atoms with van der Waals surface area (Å²) >= 11 is 0. The molecule has 2 heterocycles. The Hall–Kier alpha value is -0.320. The third kappa shape index (κ3) is 2.04. The highest BCUT2D eigenvalue weighted by molar-refractivity contribution is 5.85. The third-order valence-electron chi connectivity index (χ3n) is 5.02. The zero-order valence-corrected chi connectivity index (χ0v) is 12.1. The van der Waals surface area contributed by atoms with E-state index in [1.54, 1.807) is 0 Å². The average Bonchev–Trinajstić information content (AvgIpc) is 2.70. The summed E-state index contributed by atoms with van der Waals surface area (Å²) in [6.45, 7) is 10.00. The molecule has 2 aliphatic heterocycles. The first-order valence-electron chi connectivity index (χ1n) is 6.65. The Morgan fingerprint density at radius 3 is 2.50 bits per heavy atom. The van der Waals surface area contributed by atoms with Crippen LogP contribution in [0.1, 0.15) is 20.8 Å². The van der Waals surface area contributed by atoms with Crippen molar-refractivity contribution < 1.29 is 9.53 Å². The molecule has 1 N–H and O–H groups in total. The van der Waals surface area contributed by atoms with Gasteiger partial charge in [0.25, 0.3) is 0 Å².